The molecule has 1 atom stereocenters. The van der Waals surface area contributed by atoms with Crippen molar-refractivity contribution in [3.8, 4) is 0 Å². The monoisotopic (exact) mass is 304 g/mol. The molecule has 1 aromatic carbocycles. The summed E-state index contributed by atoms with van der Waals surface area (Å²) in [6.07, 6.45) is 3.52. The molecule has 0 radical (unpaired) electrons. The predicted molar refractivity (Wildman–Crippen MR) is 78.5 cm³/mol. The molecular weight excluding hydrogens is 288 g/mol. The molecule has 0 amide bonds. The molecule has 3 heteroatoms. The van der Waals surface area contributed by atoms with Gasteiger partial charge < -0.3 is 5.73 Å². The molecule has 0 saturated heterocycles. The van der Waals surface area contributed by atoms with Crippen molar-refractivity contribution in [2.24, 2.45) is 5.73 Å². The second-order valence-electron chi connectivity index (χ2n) is 4.56. The van der Waals surface area contributed by atoms with Crippen molar-refractivity contribution in [3.63, 3.8) is 0 Å². The van der Waals surface area contributed by atoms with Crippen LogP contribution in [-0.4, -0.2) is 11.0 Å². The number of nitrogens with two attached hydrogens (primary N) is 1. The van der Waals surface area contributed by atoms with E-state index >= 15 is 0 Å². The van der Waals surface area contributed by atoms with Gasteiger partial charge in [0.15, 0.2) is 0 Å². The first kappa shape index (κ1) is 13.2. The van der Waals surface area contributed by atoms with E-state index in [0.717, 1.165) is 23.0 Å². The number of halogens is 1. The Balaban J connectivity index is 1.99. The number of nitrogens with zero attached hydrogens (tertiary/aromatic N) is 1. The van der Waals surface area contributed by atoms with E-state index in [1.807, 2.05) is 18.3 Å². The summed E-state index contributed by atoms with van der Waals surface area (Å²) in [7, 11) is 0. The SMILES string of the molecule is Cc1ccccc1CC(N)Cc1ccc(Br)cn1. The van der Waals surface area contributed by atoms with Gasteiger partial charge in [-0.2, -0.15) is 0 Å². The molecule has 2 N–H and O–H groups in total. The number of hydrogen-bond donors (Lipinski definition) is 1. The van der Waals surface area contributed by atoms with Gasteiger partial charge in [0.2, 0.25) is 0 Å². The number of hydrogen-bond acceptors (Lipinski definition) is 2. The largest absolute Gasteiger partial charge is 0.327 e. The quantitative estimate of drug-likeness (QED) is 0.941. The molecule has 0 saturated carbocycles. The van der Waals surface area contributed by atoms with Gasteiger partial charge in [0.25, 0.3) is 0 Å². The summed E-state index contributed by atoms with van der Waals surface area (Å²) in [5, 5.41) is 0. The van der Waals surface area contributed by atoms with Crippen LogP contribution in [0.25, 0.3) is 0 Å². The highest BCUT2D eigenvalue weighted by atomic mass is 79.9. The zero-order valence-electron chi connectivity index (χ0n) is 10.4. The van der Waals surface area contributed by atoms with E-state index in [1.54, 1.807) is 0 Å². The highest BCUT2D eigenvalue weighted by Gasteiger charge is 2.07. The Morgan fingerprint density at radius 2 is 1.94 bits per heavy atom. The van der Waals surface area contributed by atoms with E-state index in [0.29, 0.717) is 0 Å². The van der Waals surface area contributed by atoms with E-state index in [2.05, 4.69) is 52.1 Å². The molecule has 1 aromatic heterocycles. The summed E-state index contributed by atoms with van der Waals surface area (Å²) < 4.78 is 0.999. The third-order valence-electron chi connectivity index (χ3n) is 3.00. The fraction of sp³-hybridized carbons (Fsp3) is 0.267. The maximum Gasteiger partial charge on any atom is 0.0420 e. The van der Waals surface area contributed by atoms with Crippen LogP contribution in [0.5, 0.6) is 0 Å². The van der Waals surface area contributed by atoms with Gasteiger partial charge in [-0.15, -0.1) is 0 Å². The van der Waals surface area contributed by atoms with Crippen LogP contribution in [0.1, 0.15) is 16.8 Å². The van der Waals surface area contributed by atoms with E-state index in [4.69, 9.17) is 5.73 Å². The maximum atomic E-state index is 6.19. The lowest BCUT2D eigenvalue weighted by Crippen LogP contribution is -2.26. The van der Waals surface area contributed by atoms with Gasteiger partial charge in [-0.05, 0) is 52.5 Å². The molecule has 2 rings (SSSR count). The van der Waals surface area contributed by atoms with E-state index in [9.17, 15) is 0 Å². The number of aromatic nitrogens is 1. The highest BCUT2D eigenvalue weighted by molar-refractivity contribution is 9.10. The van der Waals surface area contributed by atoms with E-state index < -0.39 is 0 Å². The molecule has 0 aliphatic rings. The normalized spacial score (nSPS) is 12.4. The van der Waals surface area contributed by atoms with Crippen molar-refractivity contribution in [3.05, 3.63) is 63.9 Å². The molecule has 0 fully saturated rings. The number of rotatable bonds is 4. The van der Waals surface area contributed by atoms with Gasteiger partial charge in [-0.3, -0.25) is 4.98 Å². The van der Waals surface area contributed by atoms with Crippen molar-refractivity contribution in [1.29, 1.82) is 0 Å². The van der Waals surface area contributed by atoms with Gasteiger partial charge in [0, 0.05) is 28.8 Å². The standard InChI is InChI=1S/C15H17BrN2/c1-11-4-2-3-5-12(11)8-14(17)9-15-7-6-13(16)10-18-15/h2-7,10,14H,8-9,17H2,1H3. The summed E-state index contributed by atoms with van der Waals surface area (Å²) >= 11 is 3.38. The van der Waals surface area contributed by atoms with Crippen molar-refractivity contribution in [2.45, 2.75) is 25.8 Å². The molecule has 0 spiro atoms. The third kappa shape index (κ3) is 3.65. The molecule has 18 heavy (non-hydrogen) atoms. The second-order valence-corrected chi connectivity index (χ2v) is 5.48. The molecule has 94 valence electrons. The van der Waals surface area contributed by atoms with Crippen LogP contribution < -0.4 is 5.73 Å². The Morgan fingerprint density at radius 3 is 2.61 bits per heavy atom. The average Bonchev–Trinajstić information content (AvgIpc) is 2.35. The fourth-order valence-electron chi connectivity index (χ4n) is 1.99. The molecule has 1 unspecified atom stereocenters. The number of benzene rings is 1. The van der Waals surface area contributed by atoms with Crippen LogP contribution in [0.2, 0.25) is 0 Å². The Bertz CT molecular complexity index is 508. The Hall–Kier alpha value is -1.19. The van der Waals surface area contributed by atoms with Crippen LogP contribution >= 0.6 is 15.9 Å². The molecule has 1 heterocycles. The van der Waals surface area contributed by atoms with Crippen molar-refractivity contribution < 1.29 is 0 Å². The topological polar surface area (TPSA) is 38.9 Å². The summed E-state index contributed by atoms with van der Waals surface area (Å²) in [5.74, 6) is 0. The zero-order valence-corrected chi connectivity index (χ0v) is 12.0. The molecule has 0 aliphatic heterocycles. The van der Waals surface area contributed by atoms with E-state index in [1.165, 1.54) is 11.1 Å². The molecule has 2 nitrogen and oxygen atoms in total. The zero-order chi connectivity index (χ0) is 13.0. The van der Waals surface area contributed by atoms with Crippen molar-refractivity contribution in [1.82, 2.24) is 4.98 Å². The van der Waals surface area contributed by atoms with Crippen LogP contribution in [0.3, 0.4) is 0 Å². The van der Waals surface area contributed by atoms with E-state index in [-0.39, 0.29) is 6.04 Å². The summed E-state index contributed by atoms with van der Waals surface area (Å²) in [6, 6.07) is 12.5. The van der Waals surface area contributed by atoms with Crippen LogP contribution in [-0.2, 0) is 12.8 Å². The third-order valence-corrected chi connectivity index (χ3v) is 3.47. The lowest BCUT2D eigenvalue weighted by atomic mass is 9.99. The molecular formula is C15H17BrN2. The van der Waals surface area contributed by atoms with Gasteiger partial charge >= 0.3 is 0 Å². The first-order valence-corrected chi connectivity index (χ1v) is 6.85. The highest BCUT2D eigenvalue weighted by Crippen LogP contribution is 2.12. The van der Waals surface area contributed by atoms with Gasteiger partial charge in [-0.1, -0.05) is 24.3 Å². The lowest BCUT2D eigenvalue weighted by molar-refractivity contribution is 0.652. The van der Waals surface area contributed by atoms with Crippen molar-refractivity contribution >= 4 is 15.9 Å². The summed E-state index contributed by atoms with van der Waals surface area (Å²) in [4.78, 5) is 4.36. The molecule has 0 bridgehead atoms. The maximum absolute atomic E-state index is 6.19. The Labute approximate surface area is 116 Å². The van der Waals surface area contributed by atoms with Gasteiger partial charge in [0.1, 0.15) is 0 Å². The predicted octanol–water partition coefficient (Wildman–Crippen LogP) is 3.27. The smallest absolute Gasteiger partial charge is 0.0420 e. The van der Waals surface area contributed by atoms with Crippen LogP contribution in [0, 0.1) is 6.92 Å². The van der Waals surface area contributed by atoms with Gasteiger partial charge in [-0.25, -0.2) is 0 Å². The van der Waals surface area contributed by atoms with Gasteiger partial charge in [0.05, 0.1) is 0 Å². The molecule has 0 aliphatic carbocycles. The average molecular weight is 305 g/mol. The first-order chi connectivity index (χ1) is 8.65. The Kier molecular flexibility index (Phi) is 4.50. The lowest BCUT2D eigenvalue weighted by Gasteiger charge is -2.13. The number of pyridine rings is 1. The Morgan fingerprint density at radius 1 is 1.17 bits per heavy atom. The first-order valence-electron chi connectivity index (χ1n) is 6.05. The molecule has 2 aromatic rings. The fourth-order valence-corrected chi connectivity index (χ4v) is 2.22. The summed E-state index contributed by atoms with van der Waals surface area (Å²) in [5.41, 5.74) is 9.86. The van der Waals surface area contributed by atoms with Crippen LogP contribution in [0.15, 0.2) is 47.1 Å². The minimum atomic E-state index is 0.111. The van der Waals surface area contributed by atoms with Crippen molar-refractivity contribution in [2.75, 3.05) is 0 Å². The summed E-state index contributed by atoms with van der Waals surface area (Å²) in [6.45, 7) is 2.12. The second kappa shape index (κ2) is 6.12. The minimum Gasteiger partial charge on any atom is -0.327 e. The van der Waals surface area contributed by atoms with Crippen LogP contribution in [0.4, 0.5) is 0 Å². The minimum absolute atomic E-state index is 0.111. The number of aryl methyl sites for hydroxylation is 1.